The van der Waals surface area contributed by atoms with Gasteiger partial charge in [0, 0.05) is 32.8 Å². The fourth-order valence-electron chi connectivity index (χ4n) is 3.65. The molecule has 1 N–H and O–H groups in total. The highest BCUT2D eigenvalue weighted by Crippen LogP contribution is 2.25. The zero-order valence-electron chi connectivity index (χ0n) is 14.2. The number of nitrogens with one attached hydrogen (secondary N) is 1. The van der Waals surface area contributed by atoms with E-state index in [2.05, 4.69) is 50.2 Å². The van der Waals surface area contributed by atoms with E-state index in [1.807, 2.05) is 7.11 Å². The number of rotatable bonds is 5. The van der Waals surface area contributed by atoms with Crippen LogP contribution in [0.4, 0.5) is 0 Å². The van der Waals surface area contributed by atoms with Gasteiger partial charge in [0.2, 0.25) is 0 Å². The van der Waals surface area contributed by atoms with E-state index < -0.39 is 0 Å². The van der Waals surface area contributed by atoms with Gasteiger partial charge in [-0.1, -0.05) is 17.7 Å². The third-order valence-corrected chi connectivity index (χ3v) is 4.74. The monoisotopic (exact) mass is 290 g/mol. The van der Waals surface area contributed by atoms with E-state index in [4.69, 9.17) is 4.74 Å². The van der Waals surface area contributed by atoms with Gasteiger partial charge in [0.1, 0.15) is 0 Å². The SMILES string of the molecule is CNC(CN1CCC(OC)CC1)c1c(C)cc(C)cc1C. The highest BCUT2D eigenvalue weighted by molar-refractivity contribution is 5.39. The van der Waals surface area contributed by atoms with Crippen molar-refractivity contribution in [2.24, 2.45) is 0 Å². The van der Waals surface area contributed by atoms with Crippen molar-refractivity contribution in [1.29, 1.82) is 0 Å². The normalized spacial score (nSPS) is 18.9. The van der Waals surface area contributed by atoms with E-state index >= 15 is 0 Å². The lowest BCUT2D eigenvalue weighted by Crippen LogP contribution is -2.41. The van der Waals surface area contributed by atoms with Crippen molar-refractivity contribution in [3.8, 4) is 0 Å². The van der Waals surface area contributed by atoms with Crippen LogP contribution in [0.1, 0.15) is 41.1 Å². The van der Waals surface area contributed by atoms with Gasteiger partial charge in [-0.2, -0.15) is 0 Å². The molecule has 3 nitrogen and oxygen atoms in total. The topological polar surface area (TPSA) is 24.5 Å². The van der Waals surface area contributed by atoms with Crippen LogP contribution in [0.2, 0.25) is 0 Å². The molecular formula is C18H30N2O. The first-order valence-electron chi connectivity index (χ1n) is 8.05. The molecule has 1 saturated heterocycles. The van der Waals surface area contributed by atoms with Crippen molar-refractivity contribution >= 4 is 0 Å². The number of piperidine rings is 1. The summed E-state index contributed by atoms with van der Waals surface area (Å²) in [6.07, 6.45) is 2.76. The number of ether oxygens (including phenoxy) is 1. The van der Waals surface area contributed by atoms with Crippen molar-refractivity contribution in [1.82, 2.24) is 10.2 Å². The third-order valence-electron chi connectivity index (χ3n) is 4.74. The summed E-state index contributed by atoms with van der Waals surface area (Å²) in [5.41, 5.74) is 5.62. The molecule has 1 unspecified atom stereocenters. The largest absolute Gasteiger partial charge is 0.381 e. The molecular weight excluding hydrogens is 260 g/mol. The smallest absolute Gasteiger partial charge is 0.0595 e. The Hall–Kier alpha value is -0.900. The van der Waals surface area contributed by atoms with Gasteiger partial charge in [-0.05, 0) is 57.4 Å². The molecule has 118 valence electrons. The predicted molar refractivity (Wildman–Crippen MR) is 88.9 cm³/mol. The van der Waals surface area contributed by atoms with E-state index in [-0.39, 0.29) is 0 Å². The number of aryl methyl sites for hydroxylation is 3. The van der Waals surface area contributed by atoms with Crippen molar-refractivity contribution in [2.45, 2.75) is 45.8 Å². The van der Waals surface area contributed by atoms with Gasteiger partial charge in [-0.15, -0.1) is 0 Å². The van der Waals surface area contributed by atoms with Gasteiger partial charge in [-0.3, -0.25) is 0 Å². The first-order chi connectivity index (χ1) is 10.0. The highest BCUT2D eigenvalue weighted by Gasteiger charge is 2.23. The molecule has 0 aliphatic carbocycles. The quantitative estimate of drug-likeness (QED) is 0.902. The minimum absolute atomic E-state index is 0.407. The predicted octanol–water partition coefficient (Wildman–Crippen LogP) is 2.98. The maximum atomic E-state index is 5.46. The fraction of sp³-hybridized carbons (Fsp3) is 0.667. The fourth-order valence-corrected chi connectivity index (χ4v) is 3.65. The van der Waals surface area contributed by atoms with Crippen LogP contribution in [0.15, 0.2) is 12.1 Å². The molecule has 1 heterocycles. The highest BCUT2D eigenvalue weighted by atomic mass is 16.5. The van der Waals surface area contributed by atoms with Crippen LogP contribution < -0.4 is 5.32 Å². The second-order valence-corrected chi connectivity index (χ2v) is 6.39. The van der Waals surface area contributed by atoms with Gasteiger partial charge in [-0.25, -0.2) is 0 Å². The summed E-state index contributed by atoms with van der Waals surface area (Å²) in [6.45, 7) is 10.0. The minimum Gasteiger partial charge on any atom is -0.381 e. The minimum atomic E-state index is 0.407. The van der Waals surface area contributed by atoms with E-state index in [0.29, 0.717) is 12.1 Å². The zero-order chi connectivity index (χ0) is 15.4. The van der Waals surface area contributed by atoms with Crippen molar-refractivity contribution in [3.05, 3.63) is 34.4 Å². The van der Waals surface area contributed by atoms with Gasteiger partial charge >= 0.3 is 0 Å². The number of benzene rings is 1. The van der Waals surface area contributed by atoms with Crippen molar-refractivity contribution in [2.75, 3.05) is 33.8 Å². The Bertz CT molecular complexity index is 441. The van der Waals surface area contributed by atoms with Crippen LogP contribution in [-0.4, -0.2) is 44.8 Å². The van der Waals surface area contributed by atoms with Crippen molar-refractivity contribution < 1.29 is 4.74 Å². The first kappa shape index (κ1) is 16.5. The lowest BCUT2D eigenvalue weighted by Gasteiger charge is -2.34. The Morgan fingerprint density at radius 2 is 1.76 bits per heavy atom. The Morgan fingerprint density at radius 1 is 1.19 bits per heavy atom. The molecule has 0 aromatic heterocycles. The molecule has 1 aliphatic rings. The summed E-state index contributed by atoms with van der Waals surface area (Å²) in [4.78, 5) is 2.56. The maximum Gasteiger partial charge on any atom is 0.0595 e. The second kappa shape index (κ2) is 7.39. The zero-order valence-corrected chi connectivity index (χ0v) is 14.2. The number of likely N-dealkylation sites (N-methyl/N-ethyl adjacent to an activating group) is 1. The summed E-state index contributed by atoms with van der Waals surface area (Å²) in [6, 6.07) is 5.00. The van der Waals surface area contributed by atoms with Gasteiger partial charge in [0.15, 0.2) is 0 Å². The molecule has 0 spiro atoms. The maximum absolute atomic E-state index is 5.46. The molecule has 1 aliphatic heterocycles. The lowest BCUT2D eigenvalue weighted by atomic mass is 9.93. The van der Waals surface area contributed by atoms with Crippen LogP contribution in [0.25, 0.3) is 0 Å². The lowest BCUT2D eigenvalue weighted by molar-refractivity contribution is 0.0385. The summed E-state index contributed by atoms with van der Waals surface area (Å²) in [7, 11) is 3.90. The molecule has 2 rings (SSSR count). The van der Waals surface area contributed by atoms with Gasteiger partial charge in [0.05, 0.1) is 6.10 Å². The molecule has 1 aromatic carbocycles. The third kappa shape index (κ3) is 4.06. The number of hydrogen-bond acceptors (Lipinski definition) is 3. The van der Waals surface area contributed by atoms with Gasteiger partial charge in [0.25, 0.3) is 0 Å². The standard InChI is InChI=1S/C18H30N2O/c1-13-10-14(2)18(15(3)11-13)17(19-4)12-20-8-6-16(21-5)7-9-20/h10-11,16-17,19H,6-9,12H2,1-5H3. The first-order valence-corrected chi connectivity index (χ1v) is 8.05. The molecule has 1 aromatic rings. The summed E-state index contributed by atoms with van der Waals surface area (Å²) < 4.78 is 5.46. The average molecular weight is 290 g/mol. The van der Waals surface area contributed by atoms with E-state index in [9.17, 15) is 0 Å². The molecule has 1 atom stereocenters. The van der Waals surface area contributed by atoms with Crippen LogP contribution in [0.3, 0.4) is 0 Å². The number of nitrogens with zero attached hydrogens (tertiary/aromatic N) is 1. The van der Waals surface area contributed by atoms with Crippen LogP contribution in [-0.2, 0) is 4.74 Å². The molecule has 3 heteroatoms. The van der Waals surface area contributed by atoms with Crippen molar-refractivity contribution in [3.63, 3.8) is 0 Å². The Balaban J connectivity index is 2.07. The van der Waals surface area contributed by atoms with Crippen LogP contribution >= 0.6 is 0 Å². The molecule has 21 heavy (non-hydrogen) atoms. The number of likely N-dealkylation sites (tertiary alicyclic amines) is 1. The Kier molecular flexibility index (Phi) is 5.80. The summed E-state index contributed by atoms with van der Waals surface area (Å²) in [5.74, 6) is 0. The second-order valence-electron chi connectivity index (χ2n) is 6.39. The van der Waals surface area contributed by atoms with Crippen LogP contribution in [0.5, 0.6) is 0 Å². The summed E-state index contributed by atoms with van der Waals surface area (Å²) in [5, 5.41) is 3.52. The Morgan fingerprint density at radius 3 is 2.24 bits per heavy atom. The molecule has 1 fully saturated rings. The molecule has 0 amide bonds. The van der Waals surface area contributed by atoms with Gasteiger partial charge < -0.3 is 15.0 Å². The average Bonchev–Trinajstić information content (AvgIpc) is 2.45. The molecule has 0 radical (unpaired) electrons. The van der Waals surface area contributed by atoms with E-state index in [1.165, 1.54) is 22.3 Å². The summed E-state index contributed by atoms with van der Waals surface area (Å²) >= 11 is 0. The van der Waals surface area contributed by atoms with E-state index in [1.54, 1.807) is 0 Å². The number of hydrogen-bond donors (Lipinski definition) is 1. The van der Waals surface area contributed by atoms with Crippen LogP contribution in [0, 0.1) is 20.8 Å². The number of methoxy groups -OCH3 is 1. The van der Waals surface area contributed by atoms with E-state index in [0.717, 1.165) is 32.5 Å². The Labute approximate surface area is 129 Å². The molecule has 0 bridgehead atoms. The molecule has 0 saturated carbocycles.